The maximum atomic E-state index is 6.34. The Labute approximate surface area is 130 Å². The van der Waals surface area contributed by atoms with E-state index >= 15 is 0 Å². The molecule has 0 amide bonds. The van der Waals surface area contributed by atoms with Crippen molar-refractivity contribution in [2.24, 2.45) is 0 Å². The fraction of sp³-hybridized carbons (Fsp3) is 0.375. The molecule has 0 atom stereocenters. The van der Waals surface area contributed by atoms with E-state index < -0.39 is 0 Å². The van der Waals surface area contributed by atoms with Crippen molar-refractivity contribution in [1.82, 2.24) is 9.97 Å². The van der Waals surface area contributed by atoms with Crippen LogP contribution < -0.4 is 0 Å². The fourth-order valence-corrected chi connectivity index (χ4v) is 2.92. The van der Waals surface area contributed by atoms with Crippen molar-refractivity contribution in [3.05, 3.63) is 57.6 Å². The predicted octanol–water partition coefficient (Wildman–Crippen LogP) is 4.59. The normalized spacial score (nSPS) is 10.8. The highest BCUT2D eigenvalue weighted by Gasteiger charge is 2.11. The van der Waals surface area contributed by atoms with Crippen molar-refractivity contribution in [2.45, 2.75) is 32.9 Å². The zero-order valence-electron chi connectivity index (χ0n) is 12.1. The summed E-state index contributed by atoms with van der Waals surface area (Å²) in [4.78, 5) is 9.00. The highest BCUT2D eigenvalue weighted by Crippen LogP contribution is 2.22. The van der Waals surface area contributed by atoms with Crippen LogP contribution in [0.25, 0.3) is 0 Å². The summed E-state index contributed by atoms with van der Waals surface area (Å²) in [5.41, 5.74) is 4.52. The molecule has 0 aliphatic heterocycles. The monoisotopic (exact) mass is 306 g/mol. The molecular weight excluding hydrogens is 288 g/mol. The molecule has 1 heterocycles. The first-order valence-corrected chi connectivity index (χ1v) is 8.28. The van der Waals surface area contributed by atoms with Crippen LogP contribution in [-0.4, -0.2) is 15.7 Å². The molecule has 1 aromatic carbocycles. The number of rotatable bonds is 5. The van der Waals surface area contributed by atoms with Crippen LogP contribution >= 0.6 is 23.4 Å². The summed E-state index contributed by atoms with van der Waals surface area (Å²) in [7, 11) is 0. The zero-order valence-corrected chi connectivity index (χ0v) is 13.7. The molecule has 2 aromatic rings. The van der Waals surface area contributed by atoms with Gasteiger partial charge in [0.2, 0.25) is 0 Å². The van der Waals surface area contributed by atoms with Crippen LogP contribution in [0.2, 0.25) is 5.15 Å². The molecule has 0 aliphatic rings. The molecule has 0 spiro atoms. The lowest BCUT2D eigenvalue weighted by atomic mass is 10.0. The molecule has 0 bridgehead atoms. The minimum Gasteiger partial charge on any atom is -0.237 e. The second kappa shape index (κ2) is 7.09. The Bertz CT molecular complexity index is 576. The van der Waals surface area contributed by atoms with E-state index in [0.29, 0.717) is 5.15 Å². The lowest BCUT2D eigenvalue weighted by Crippen LogP contribution is -2.03. The third-order valence-electron chi connectivity index (χ3n) is 3.11. The van der Waals surface area contributed by atoms with E-state index in [1.165, 1.54) is 11.1 Å². The van der Waals surface area contributed by atoms with Gasteiger partial charge in [-0.05, 0) is 25.2 Å². The number of hydrogen-bond acceptors (Lipinski definition) is 3. The molecule has 20 heavy (non-hydrogen) atoms. The average molecular weight is 307 g/mol. The molecule has 2 rings (SSSR count). The number of hydrogen-bond donors (Lipinski definition) is 0. The quantitative estimate of drug-likeness (QED) is 0.756. The van der Waals surface area contributed by atoms with Crippen molar-refractivity contribution in [1.29, 1.82) is 0 Å². The summed E-state index contributed by atoms with van der Waals surface area (Å²) >= 11 is 8.15. The van der Waals surface area contributed by atoms with Crippen molar-refractivity contribution >= 4 is 23.4 Å². The molecule has 1 aromatic heterocycles. The largest absolute Gasteiger partial charge is 0.237 e. The topological polar surface area (TPSA) is 25.8 Å². The average Bonchev–Trinajstić information content (AvgIpc) is 2.40. The minimum atomic E-state index is 0.589. The van der Waals surface area contributed by atoms with Gasteiger partial charge in [0, 0.05) is 17.7 Å². The number of nitrogens with zero attached hydrogens (tertiary/aromatic N) is 2. The maximum absolute atomic E-state index is 6.34. The Morgan fingerprint density at radius 1 is 1.20 bits per heavy atom. The van der Waals surface area contributed by atoms with E-state index in [4.69, 9.17) is 11.6 Å². The Morgan fingerprint density at radius 2 is 2.00 bits per heavy atom. The molecule has 106 valence electrons. The van der Waals surface area contributed by atoms with Crippen LogP contribution in [0.1, 0.15) is 35.1 Å². The molecule has 2 nitrogen and oxygen atoms in total. The van der Waals surface area contributed by atoms with Crippen LogP contribution in [0.5, 0.6) is 0 Å². The van der Waals surface area contributed by atoms with Gasteiger partial charge in [0.25, 0.3) is 0 Å². The summed E-state index contributed by atoms with van der Waals surface area (Å²) in [5, 5.41) is 0.589. The van der Waals surface area contributed by atoms with Crippen LogP contribution in [0, 0.1) is 13.8 Å². The standard InChI is InChI=1S/C16H19ClN2S/c1-4-20-10-15-18-12(3)14(16(17)19-15)9-13-7-5-6-11(2)8-13/h5-8H,4,9-10H2,1-3H3. The number of aromatic nitrogens is 2. The van der Waals surface area contributed by atoms with Gasteiger partial charge in [-0.15, -0.1) is 0 Å². The van der Waals surface area contributed by atoms with Crippen LogP contribution in [0.4, 0.5) is 0 Å². The Morgan fingerprint density at radius 3 is 2.65 bits per heavy atom. The van der Waals surface area contributed by atoms with E-state index in [1.807, 2.05) is 6.92 Å². The first-order valence-electron chi connectivity index (χ1n) is 6.75. The van der Waals surface area contributed by atoms with Crippen LogP contribution in [0.15, 0.2) is 24.3 Å². The van der Waals surface area contributed by atoms with Gasteiger partial charge >= 0.3 is 0 Å². The maximum Gasteiger partial charge on any atom is 0.140 e. The summed E-state index contributed by atoms with van der Waals surface area (Å²) in [6, 6.07) is 8.46. The third kappa shape index (κ3) is 3.97. The Balaban J connectivity index is 2.24. The summed E-state index contributed by atoms with van der Waals surface area (Å²) < 4.78 is 0. The van der Waals surface area contributed by atoms with Crippen molar-refractivity contribution in [3.63, 3.8) is 0 Å². The zero-order chi connectivity index (χ0) is 14.5. The number of aryl methyl sites for hydroxylation is 2. The molecular formula is C16H19ClN2S. The Kier molecular flexibility index (Phi) is 5.44. The van der Waals surface area contributed by atoms with E-state index in [1.54, 1.807) is 11.8 Å². The van der Waals surface area contributed by atoms with Crippen LogP contribution in [-0.2, 0) is 12.2 Å². The highest BCUT2D eigenvalue weighted by molar-refractivity contribution is 7.98. The molecule has 0 N–H and O–H groups in total. The highest BCUT2D eigenvalue weighted by atomic mass is 35.5. The molecule has 0 radical (unpaired) electrons. The van der Waals surface area contributed by atoms with Gasteiger partial charge in [-0.2, -0.15) is 11.8 Å². The minimum absolute atomic E-state index is 0.589. The lowest BCUT2D eigenvalue weighted by molar-refractivity contribution is 0.949. The van der Waals surface area contributed by atoms with Gasteiger partial charge in [0.05, 0.1) is 5.75 Å². The first kappa shape index (κ1) is 15.3. The van der Waals surface area contributed by atoms with Crippen molar-refractivity contribution in [2.75, 3.05) is 5.75 Å². The summed E-state index contributed by atoms with van der Waals surface area (Å²) in [6.07, 6.45) is 0.785. The molecule has 0 unspecified atom stereocenters. The molecule has 0 saturated heterocycles. The van der Waals surface area contributed by atoms with E-state index in [-0.39, 0.29) is 0 Å². The predicted molar refractivity (Wildman–Crippen MR) is 87.6 cm³/mol. The second-order valence-corrected chi connectivity index (χ2v) is 6.43. The fourth-order valence-electron chi connectivity index (χ4n) is 2.10. The van der Waals surface area contributed by atoms with Gasteiger partial charge in [0.1, 0.15) is 11.0 Å². The van der Waals surface area contributed by atoms with Gasteiger partial charge in [-0.25, -0.2) is 9.97 Å². The van der Waals surface area contributed by atoms with E-state index in [2.05, 4.69) is 48.1 Å². The number of halogens is 1. The second-order valence-electron chi connectivity index (χ2n) is 4.80. The van der Waals surface area contributed by atoms with Gasteiger partial charge in [-0.3, -0.25) is 0 Å². The van der Waals surface area contributed by atoms with E-state index in [9.17, 15) is 0 Å². The lowest BCUT2D eigenvalue weighted by Gasteiger charge is -2.10. The molecule has 0 aliphatic carbocycles. The van der Waals surface area contributed by atoms with Crippen molar-refractivity contribution < 1.29 is 0 Å². The first-order chi connectivity index (χ1) is 9.60. The Hall–Kier alpha value is -1.06. The smallest absolute Gasteiger partial charge is 0.140 e. The number of thioether (sulfide) groups is 1. The van der Waals surface area contributed by atoms with Crippen molar-refractivity contribution in [3.8, 4) is 0 Å². The third-order valence-corrected chi connectivity index (χ3v) is 4.29. The van der Waals surface area contributed by atoms with Gasteiger partial charge < -0.3 is 0 Å². The van der Waals surface area contributed by atoms with Gasteiger partial charge in [0.15, 0.2) is 0 Å². The number of benzene rings is 1. The van der Waals surface area contributed by atoms with Crippen LogP contribution in [0.3, 0.4) is 0 Å². The van der Waals surface area contributed by atoms with E-state index in [0.717, 1.165) is 35.0 Å². The summed E-state index contributed by atoms with van der Waals surface area (Å²) in [5.74, 6) is 2.71. The van der Waals surface area contributed by atoms with Gasteiger partial charge in [-0.1, -0.05) is 48.4 Å². The summed E-state index contributed by atoms with van der Waals surface area (Å²) in [6.45, 7) is 6.24. The molecule has 0 saturated carbocycles. The SMILES string of the molecule is CCSCc1nc(C)c(Cc2cccc(C)c2)c(Cl)n1. The molecule has 0 fully saturated rings. The molecule has 4 heteroatoms.